The van der Waals surface area contributed by atoms with E-state index in [1.807, 2.05) is 0 Å². The lowest BCUT2D eigenvalue weighted by atomic mass is 10.1. The molecule has 0 aliphatic rings. The second-order valence-corrected chi connectivity index (χ2v) is 2.91. The van der Waals surface area contributed by atoms with E-state index < -0.39 is 12.4 Å². The molecule has 0 saturated heterocycles. The second-order valence-electron chi connectivity index (χ2n) is 2.91. The summed E-state index contributed by atoms with van der Waals surface area (Å²) in [6.07, 6.45) is -4.72. The first-order chi connectivity index (χ1) is 6.92. The summed E-state index contributed by atoms with van der Waals surface area (Å²) in [5.74, 6) is -0.344. The Morgan fingerprint density at radius 3 is 2.50 bits per heavy atom. The highest BCUT2D eigenvalue weighted by Gasteiger charge is 2.31. The summed E-state index contributed by atoms with van der Waals surface area (Å²) in [6, 6.07) is 4.51. The van der Waals surface area contributed by atoms with Gasteiger partial charge in [0.1, 0.15) is 5.75 Å². The number of benzene rings is 1. The zero-order valence-corrected chi connectivity index (χ0v) is 8.89. The average molecular weight is 258 g/mol. The van der Waals surface area contributed by atoms with E-state index in [0.29, 0.717) is 5.56 Å². The van der Waals surface area contributed by atoms with Crippen LogP contribution in [0.15, 0.2) is 24.3 Å². The number of rotatable bonds is 3. The van der Waals surface area contributed by atoms with Crippen molar-refractivity contribution < 1.29 is 23.0 Å². The molecule has 0 aliphatic heterocycles. The predicted molar refractivity (Wildman–Crippen MR) is 54.4 cm³/mol. The van der Waals surface area contributed by atoms with Gasteiger partial charge < -0.3 is 15.6 Å². The van der Waals surface area contributed by atoms with Gasteiger partial charge in [-0.25, -0.2) is 0 Å². The molecular formula is C9H11ClF3NO2. The molecule has 1 aromatic carbocycles. The molecule has 7 heteroatoms. The van der Waals surface area contributed by atoms with Crippen LogP contribution in [0.25, 0.3) is 0 Å². The third-order valence-corrected chi connectivity index (χ3v) is 1.72. The van der Waals surface area contributed by atoms with Crippen molar-refractivity contribution in [3.63, 3.8) is 0 Å². The molecule has 3 nitrogen and oxygen atoms in total. The van der Waals surface area contributed by atoms with E-state index in [2.05, 4.69) is 4.74 Å². The molecular weight excluding hydrogens is 247 g/mol. The molecule has 0 fully saturated rings. The average Bonchev–Trinajstić information content (AvgIpc) is 2.14. The molecule has 0 unspecified atom stereocenters. The SMILES string of the molecule is Cl.N[C@@H](CO)c1cccc(OC(F)(F)F)c1. The maximum Gasteiger partial charge on any atom is 0.573 e. The monoisotopic (exact) mass is 257 g/mol. The zero-order chi connectivity index (χ0) is 11.5. The Hall–Kier alpha value is -0.980. The Labute approximate surface area is 96.4 Å². The van der Waals surface area contributed by atoms with Crippen LogP contribution in [0.1, 0.15) is 11.6 Å². The lowest BCUT2D eigenvalue weighted by Gasteiger charge is -2.12. The molecule has 1 rings (SSSR count). The summed E-state index contributed by atoms with van der Waals surface area (Å²) in [5.41, 5.74) is 5.83. The summed E-state index contributed by atoms with van der Waals surface area (Å²) in [4.78, 5) is 0. The van der Waals surface area contributed by atoms with Crippen molar-refractivity contribution in [2.75, 3.05) is 6.61 Å². The van der Waals surface area contributed by atoms with Crippen molar-refractivity contribution in [1.82, 2.24) is 0 Å². The maximum absolute atomic E-state index is 11.9. The summed E-state index contributed by atoms with van der Waals surface area (Å²) in [6.45, 7) is -0.338. The second kappa shape index (κ2) is 5.93. The van der Waals surface area contributed by atoms with Gasteiger partial charge in [-0.3, -0.25) is 0 Å². The summed E-state index contributed by atoms with van der Waals surface area (Å²) < 4.78 is 39.3. The lowest BCUT2D eigenvalue weighted by Crippen LogP contribution is -2.18. The highest BCUT2D eigenvalue weighted by molar-refractivity contribution is 5.85. The van der Waals surface area contributed by atoms with Crippen molar-refractivity contribution >= 4 is 12.4 Å². The van der Waals surface area contributed by atoms with Crippen LogP contribution < -0.4 is 10.5 Å². The zero-order valence-electron chi connectivity index (χ0n) is 8.07. The Morgan fingerprint density at radius 1 is 1.38 bits per heavy atom. The van der Waals surface area contributed by atoms with E-state index in [0.717, 1.165) is 6.07 Å². The predicted octanol–water partition coefficient (Wildman–Crippen LogP) is 2.00. The first-order valence-electron chi connectivity index (χ1n) is 4.14. The third kappa shape index (κ3) is 4.69. The summed E-state index contributed by atoms with van der Waals surface area (Å²) in [5, 5.41) is 8.72. The van der Waals surface area contributed by atoms with Gasteiger partial charge in [-0.05, 0) is 17.7 Å². The van der Waals surface area contributed by atoms with Gasteiger partial charge in [0, 0.05) is 0 Å². The summed E-state index contributed by atoms with van der Waals surface area (Å²) in [7, 11) is 0. The molecule has 16 heavy (non-hydrogen) atoms. The number of alkyl halides is 3. The highest BCUT2D eigenvalue weighted by atomic mass is 35.5. The number of aliphatic hydroxyl groups is 1. The molecule has 0 heterocycles. The van der Waals surface area contributed by atoms with E-state index in [1.165, 1.54) is 18.2 Å². The number of hydrogen-bond acceptors (Lipinski definition) is 3. The number of halogens is 4. The van der Waals surface area contributed by atoms with Crippen molar-refractivity contribution in [2.24, 2.45) is 5.73 Å². The van der Waals surface area contributed by atoms with E-state index in [9.17, 15) is 13.2 Å². The Bertz CT molecular complexity index is 333. The van der Waals surface area contributed by atoms with Crippen LogP contribution in [0.4, 0.5) is 13.2 Å². The van der Waals surface area contributed by atoms with Crippen LogP contribution in [0, 0.1) is 0 Å². The van der Waals surface area contributed by atoms with Crippen LogP contribution in [0.3, 0.4) is 0 Å². The lowest BCUT2D eigenvalue weighted by molar-refractivity contribution is -0.274. The van der Waals surface area contributed by atoms with Gasteiger partial charge in [0.15, 0.2) is 0 Å². The minimum absolute atomic E-state index is 0. The Morgan fingerprint density at radius 2 is 2.00 bits per heavy atom. The van der Waals surface area contributed by atoms with Crippen molar-refractivity contribution in [3.8, 4) is 5.75 Å². The largest absolute Gasteiger partial charge is 0.573 e. The van der Waals surface area contributed by atoms with E-state index in [1.54, 1.807) is 0 Å². The van der Waals surface area contributed by atoms with Gasteiger partial charge in [-0.2, -0.15) is 0 Å². The molecule has 0 aromatic heterocycles. The third-order valence-electron chi connectivity index (χ3n) is 1.72. The van der Waals surface area contributed by atoms with Gasteiger partial charge >= 0.3 is 6.36 Å². The first kappa shape index (κ1) is 15.0. The Balaban J connectivity index is 0.00000225. The minimum atomic E-state index is -4.72. The van der Waals surface area contributed by atoms with Gasteiger partial charge in [0.05, 0.1) is 12.6 Å². The minimum Gasteiger partial charge on any atom is -0.406 e. The highest BCUT2D eigenvalue weighted by Crippen LogP contribution is 2.24. The first-order valence-corrected chi connectivity index (χ1v) is 4.14. The van der Waals surface area contributed by atoms with Gasteiger partial charge in [0.25, 0.3) is 0 Å². The fourth-order valence-corrected chi connectivity index (χ4v) is 1.05. The van der Waals surface area contributed by atoms with Crippen LogP contribution in [-0.4, -0.2) is 18.1 Å². The molecule has 3 N–H and O–H groups in total. The van der Waals surface area contributed by atoms with Gasteiger partial charge in [0.2, 0.25) is 0 Å². The molecule has 0 radical (unpaired) electrons. The van der Waals surface area contributed by atoms with Gasteiger partial charge in [-0.15, -0.1) is 25.6 Å². The fraction of sp³-hybridized carbons (Fsp3) is 0.333. The van der Waals surface area contributed by atoms with E-state index in [4.69, 9.17) is 10.8 Å². The molecule has 0 bridgehead atoms. The quantitative estimate of drug-likeness (QED) is 0.871. The van der Waals surface area contributed by atoms with E-state index in [-0.39, 0.29) is 24.8 Å². The molecule has 0 spiro atoms. The number of nitrogens with two attached hydrogens (primary N) is 1. The number of ether oxygens (including phenoxy) is 1. The van der Waals surface area contributed by atoms with Crippen LogP contribution >= 0.6 is 12.4 Å². The normalized spacial score (nSPS) is 12.8. The maximum atomic E-state index is 11.9. The van der Waals surface area contributed by atoms with Crippen LogP contribution in [-0.2, 0) is 0 Å². The molecule has 92 valence electrons. The smallest absolute Gasteiger partial charge is 0.406 e. The molecule has 1 atom stereocenters. The molecule has 1 aromatic rings. The summed E-state index contributed by atoms with van der Waals surface area (Å²) >= 11 is 0. The molecule has 0 amide bonds. The topological polar surface area (TPSA) is 55.5 Å². The Kier molecular flexibility index (Phi) is 5.57. The van der Waals surface area contributed by atoms with E-state index >= 15 is 0 Å². The van der Waals surface area contributed by atoms with Crippen molar-refractivity contribution in [3.05, 3.63) is 29.8 Å². The van der Waals surface area contributed by atoms with Crippen molar-refractivity contribution in [1.29, 1.82) is 0 Å². The number of aliphatic hydroxyl groups excluding tert-OH is 1. The van der Waals surface area contributed by atoms with Crippen LogP contribution in [0.2, 0.25) is 0 Å². The standard InChI is InChI=1S/C9H10F3NO2.ClH/c10-9(11,12)15-7-3-1-2-6(4-7)8(13)5-14;/h1-4,8,14H,5,13H2;1H/t8-;/m0./s1. The van der Waals surface area contributed by atoms with Crippen molar-refractivity contribution in [2.45, 2.75) is 12.4 Å². The fourth-order valence-electron chi connectivity index (χ4n) is 1.05. The number of hydrogen-bond donors (Lipinski definition) is 2. The molecule has 0 aliphatic carbocycles. The van der Waals surface area contributed by atoms with Gasteiger partial charge in [-0.1, -0.05) is 12.1 Å². The molecule has 0 saturated carbocycles. The van der Waals surface area contributed by atoms with Crippen LogP contribution in [0.5, 0.6) is 5.75 Å².